The summed E-state index contributed by atoms with van der Waals surface area (Å²) in [6.07, 6.45) is 2.11. The molecule has 1 aliphatic heterocycles. The normalized spacial score (nSPS) is 13.7. The molecule has 3 aromatic rings. The van der Waals surface area contributed by atoms with Gasteiger partial charge in [-0.15, -0.1) is 0 Å². The molecule has 1 aromatic heterocycles. The Labute approximate surface area is 173 Å². The second kappa shape index (κ2) is 8.05. The Morgan fingerprint density at radius 3 is 2.17 bits per heavy atom. The number of benzene rings is 2. The van der Waals surface area contributed by atoms with Crippen molar-refractivity contribution in [1.29, 1.82) is 0 Å². The third-order valence-electron chi connectivity index (χ3n) is 4.94. The smallest absolute Gasteiger partial charge is 0.339 e. The molecule has 0 saturated heterocycles. The SMILES string of the molecule is CC(OC(=O)c1ccnc(Cl)c1)C(=O)N1c2ccccc2CCc2ccccc21. The van der Waals surface area contributed by atoms with Gasteiger partial charge in [0.15, 0.2) is 6.10 Å². The van der Waals surface area contributed by atoms with Gasteiger partial charge >= 0.3 is 5.97 Å². The summed E-state index contributed by atoms with van der Waals surface area (Å²) in [5.41, 5.74) is 4.05. The molecule has 5 nitrogen and oxygen atoms in total. The van der Waals surface area contributed by atoms with Gasteiger partial charge in [0.1, 0.15) is 5.15 Å². The fourth-order valence-corrected chi connectivity index (χ4v) is 3.68. The molecule has 1 atom stereocenters. The van der Waals surface area contributed by atoms with E-state index in [1.165, 1.54) is 18.3 Å². The van der Waals surface area contributed by atoms with Crippen molar-refractivity contribution in [3.63, 3.8) is 0 Å². The number of aromatic nitrogens is 1. The van der Waals surface area contributed by atoms with E-state index >= 15 is 0 Å². The Kier molecular flexibility index (Phi) is 5.32. The molecule has 1 aliphatic rings. The van der Waals surface area contributed by atoms with E-state index in [0.29, 0.717) is 0 Å². The highest BCUT2D eigenvalue weighted by atomic mass is 35.5. The fourth-order valence-electron chi connectivity index (χ4n) is 3.51. The highest BCUT2D eigenvalue weighted by Gasteiger charge is 2.30. The molecule has 0 fully saturated rings. The minimum absolute atomic E-state index is 0.189. The van der Waals surface area contributed by atoms with Crippen LogP contribution >= 0.6 is 11.6 Å². The topological polar surface area (TPSA) is 59.5 Å². The summed E-state index contributed by atoms with van der Waals surface area (Å²) >= 11 is 5.85. The maximum Gasteiger partial charge on any atom is 0.339 e. The molecule has 0 aliphatic carbocycles. The summed E-state index contributed by atoms with van der Waals surface area (Å²) in [5.74, 6) is -0.924. The lowest BCUT2D eigenvalue weighted by atomic mass is 10.0. The number of esters is 1. The summed E-state index contributed by atoms with van der Waals surface area (Å²) in [7, 11) is 0. The van der Waals surface area contributed by atoms with Crippen molar-refractivity contribution in [3.05, 3.63) is 88.7 Å². The molecule has 1 unspecified atom stereocenters. The van der Waals surface area contributed by atoms with Crippen LogP contribution in [-0.2, 0) is 22.4 Å². The molecule has 146 valence electrons. The van der Waals surface area contributed by atoms with Gasteiger partial charge in [0, 0.05) is 6.20 Å². The number of hydrogen-bond acceptors (Lipinski definition) is 4. The van der Waals surface area contributed by atoms with Crippen LogP contribution in [-0.4, -0.2) is 23.0 Å². The lowest BCUT2D eigenvalue weighted by Crippen LogP contribution is -2.37. The molecule has 0 N–H and O–H groups in total. The van der Waals surface area contributed by atoms with Crippen LogP contribution < -0.4 is 4.90 Å². The maximum absolute atomic E-state index is 13.4. The average molecular weight is 407 g/mol. The second-order valence-electron chi connectivity index (χ2n) is 6.85. The van der Waals surface area contributed by atoms with Crippen LogP contribution in [0.3, 0.4) is 0 Å². The number of hydrogen-bond donors (Lipinski definition) is 0. The Hall–Kier alpha value is -3.18. The van der Waals surface area contributed by atoms with Crippen molar-refractivity contribution in [3.8, 4) is 0 Å². The van der Waals surface area contributed by atoms with Crippen molar-refractivity contribution in [2.24, 2.45) is 0 Å². The summed E-state index contributed by atoms with van der Waals surface area (Å²) < 4.78 is 5.46. The number of fused-ring (bicyclic) bond motifs is 2. The number of nitrogens with zero attached hydrogens (tertiary/aromatic N) is 2. The van der Waals surface area contributed by atoms with Crippen LogP contribution in [0, 0.1) is 0 Å². The molecule has 4 rings (SSSR count). The molecule has 29 heavy (non-hydrogen) atoms. The lowest BCUT2D eigenvalue weighted by Gasteiger charge is -2.27. The van der Waals surface area contributed by atoms with Crippen LogP contribution in [0.1, 0.15) is 28.4 Å². The first-order valence-electron chi connectivity index (χ1n) is 9.37. The number of amides is 1. The molecule has 1 amide bonds. The lowest BCUT2D eigenvalue weighted by molar-refractivity contribution is -0.125. The van der Waals surface area contributed by atoms with Crippen molar-refractivity contribution in [1.82, 2.24) is 4.98 Å². The largest absolute Gasteiger partial charge is 0.449 e. The van der Waals surface area contributed by atoms with Gasteiger partial charge in [0.2, 0.25) is 0 Å². The quantitative estimate of drug-likeness (QED) is 0.465. The van der Waals surface area contributed by atoms with Gasteiger partial charge < -0.3 is 4.74 Å². The molecule has 0 bridgehead atoms. The minimum Gasteiger partial charge on any atom is -0.449 e. The Morgan fingerprint density at radius 2 is 1.59 bits per heavy atom. The van der Waals surface area contributed by atoms with Crippen molar-refractivity contribution in [2.75, 3.05) is 4.90 Å². The zero-order valence-corrected chi connectivity index (χ0v) is 16.6. The fraction of sp³-hybridized carbons (Fsp3) is 0.174. The van der Waals surface area contributed by atoms with Gasteiger partial charge in [-0.25, -0.2) is 9.78 Å². The van der Waals surface area contributed by atoms with Gasteiger partial charge in [-0.3, -0.25) is 9.69 Å². The van der Waals surface area contributed by atoms with Crippen LogP contribution in [0.25, 0.3) is 0 Å². The Balaban J connectivity index is 1.66. The Bertz CT molecular complexity index is 1040. The molecular formula is C23H19ClN2O3. The van der Waals surface area contributed by atoms with Gasteiger partial charge in [0.25, 0.3) is 5.91 Å². The second-order valence-corrected chi connectivity index (χ2v) is 7.23. The van der Waals surface area contributed by atoms with Crippen molar-refractivity contribution in [2.45, 2.75) is 25.9 Å². The van der Waals surface area contributed by atoms with Crippen LogP contribution in [0.5, 0.6) is 0 Å². The monoisotopic (exact) mass is 406 g/mol. The number of pyridine rings is 1. The van der Waals surface area contributed by atoms with E-state index in [1.807, 2.05) is 48.5 Å². The summed E-state index contributed by atoms with van der Waals surface area (Å²) in [6.45, 7) is 1.58. The highest BCUT2D eigenvalue weighted by Crippen LogP contribution is 2.36. The van der Waals surface area contributed by atoms with Crippen molar-refractivity contribution < 1.29 is 14.3 Å². The van der Waals surface area contributed by atoms with E-state index in [2.05, 4.69) is 4.98 Å². The van der Waals surface area contributed by atoms with Gasteiger partial charge in [0.05, 0.1) is 16.9 Å². The number of carbonyl (C=O) groups excluding carboxylic acids is 2. The van der Waals surface area contributed by atoms with Gasteiger partial charge in [-0.2, -0.15) is 0 Å². The Morgan fingerprint density at radius 1 is 1.00 bits per heavy atom. The third kappa shape index (κ3) is 3.87. The summed E-state index contributed by atoms with van der Waals surface area (Å²) in [4.78, 5) is 31.4. The van der Waals surface area contributed by atoms with Crippen LogP contribution in [0.4, 0.5) is 11.4 Å². The maximum atomic E-state index is 13.4. The molecule has 0 spiro atoms. The first-order valence-corrected chi connectivity index (χ1v) is 9.74. The minimum atomic E-state index is -0.978. The van der Waals surface area contributed by atoms with Crippen molar-refractivity contribution >= 4 is 34.9 Å². The zero-order valence-electron chi connectivity index (χ0n) is 15.8. The van der Waals surface area contributed by atoms with E-state index in [9.17, 15) is 9.59 Å². The number of aryl methyl sites for hydroxylation is 2. The predicted octanol–water partition coefficient (Wildman–Crippen LogP) is 4.74. The van der Waals surface area contributed by atoms with Crippen LogP contribution in [0.15, 0.2) is 66.9 Å². The van der Waals surface area contributed by atoms with E-state index in [4.69, 9.17) is 16.3 Å². The summed E-state index contributed by atoms with van der Waals surface area (Å²) in [6, 6.07) is 18.6. The molecule has 2 heterocycles. The number of ether oxygens (including phenoxy) is 1. The van der Waals surface area contributed by atoms with E-state index in [-0.39, 0.29) is 16.6 Å². The average Bonchev–Trinajstić information content (AvgIpc) is 2.90. The third-order valence-corrected chi connectivity index (χ3v) is 5.15. The number of halogens is 1. The standard InChI is InChI=1S/C23H19ClN2O3/c1-15(29-23(28)18-12-13-25-21(24)14-18)22(27)26-19-8-4-2-6-16(19)10-11-17-7-3-5-9-20(17)26/h2-9,12-15H,10-11H2,1H3. The molecule has 6 heteroatoms. The molecule has 0 radical (unpaired) electrons. The molecule has 2 aromatic carbocycles. The van der Waals surface area contributed by atoms with Gasteiger partial charge in [-0.1, -0.05) is 48.0 Å². The van der Waals surface area contributed by atoms with E-state index < -0.39 is 12.1 Å². The summed E-state index contributed by atoms with van der Waals surface area (Å²) in [5, 5.41) is 0.189. The first-order chi connectivity index (χ1) is 14.0. The predicted molar refractivity (Wildman–Crippen MR) is 112 cm³/mol. The van der Waals surface area contributed by atoms with E-state index in [1.54, 1.807) is 11.8 Å². The van der Waals surface area contributed by atoms with Gasteiger partial charge in [-0.05, 0) is 55.2 Å². The number of carbonyl (C=O) groups is 2. The molecular weight excluding hydrogens is 388 g/mol. The highest BCUT2D eigenvalue weighted by molar-refractivity contribution is 6.29. The number of para-hydroxylation sites is 2. The molecule has 0 saturated carbocycles. The number of anilines is 2. The van der Waals surface area contributed by atoms with Crippen LogP contribution in [0.2, 0.25) is 5.15 Å². The van der Waals surface area contributed by atoms with E-state index in [0.717, 1.165) is 35.3 Å². The zero-order chi connectivity index (χ0) is 20.4. The number of rotatable bonds is 3. The first kappa shape index (κ1) is 19.2.